The number of nitrogens with zero attached hydrogens (tertiary/aromatic N) is 3. The molecule has 0 saturated heterocycles. The van der Waals surface area contributed by atoms with Gasteiger partial charge >= 0.3 is 0 Å². The Balaban J connectivity index is 1.58. The second-order valence-electron chi connectivity index (χ2n) is 8.33. The number of pyridine rings is 1. The summed E-state index contributed by atoms with van der Waals surface area (Å²) in [6.07, 6.45) is 2.86. The molecular formula is C25H24N4O. The molecule has 150 valence electrons. The maximum atomic E-state index is 13.0. The van der Waals surface area contributed by atoms with Crippen molar-refractivity contribution < 1.29 is 4.79 Å². The lowest BCUT2D eigenvalue weighted by atomic mass is 9.80. The molecule has 2 aromatic carbocycles. The van der Waals surface area contributed by atoms with Gasteiger partial charge in [-0.05, 0) is 41.5 Å². The number of hydrogen-bond donors (Lipinski definition) is 1. The van der Waals surface area contributed by atoms with Crippen molar-refractivity contribution in [3.05, 3.63) is 83.2 Å². The van der Waals surface area contributed by atoms with Crippen molar-refractivity contribution in [1.29, 1.82) is 0 Å². The fourth-order valence-electron chi connectivity index (χ4n) is 4.35. The van der Waals surface area contributed by atoms with E-state index < -0.39 is 0 Å². The van der Waals surface area contributed by atoms with Crippen LogP contribution < -0.4 is 5.73 Å². The molecule has 2 aromatic heterocycles. The Bertz CT molecular complexity index is 1240. The number of Topliss-reactive ketones (excluding diaryl/α,β-unsaturated/α-hetero) is 1. The van der Waals surface area contributed by atoms with Crippen LogP contribution >= 0.6 is 0 Å². The van der Waals surface area contributed by atoms with Crippen molar-refractivity contribution in [2.75, 3.05) is 5.73 Å². The van der Waals surface area contributed by atoms with Gasteiger partial charge in [0.1, 0.15) is 0 Å². The highest BCUT2D eigenvalue weighted by Crippen LogP contribution is 2.37. The Morgan fingerprint density at radius 2 is 1.77 bits per heavy atom. The Labute approximate surface area is 175 Å². The zero-order valence-electron chi connectivity index (χ0n) is 17.2. The molecule has 1 aliphatic carbocycles. The predicted molar refractivity (Wildman–Crippen MR) is 119 cm³/mol. The Morgan fingerprint density at radius 3 is 2.47 bits per heavy atom. The molecule has 0 unspecified atom stereocenters. The quantitative estimate of drug-likeness (QED) is 0.526. The molecule has 5 rings (SSSR count). The highest BCUT2D eigenvalue weighted by molar-refractivity contribution is 6.09. The van der Waals surface area contributed by atoms with E-state index in [0.29, 0.717) is 35.7 Å². The number of ketones is 1. The predicted octanol–water partition coefficient (Wildman–Crippen LogP) is 5.04. The maximum Gasteiger partial charge on any atom is 0.167 e. The first kappa shape index (κ1) is 18.6. The van der Waals surface area contributed by atoms with E-state index in [9.17, 15) is 4.79 Å². The third-order valence-corrected chi connectivity index (χ3v) is 6.06. The van der Waals surface area contributed by atoms with Gasteiger partial charge in [0.2, 0.25) is 0 Å². The fraction of sp³-hybridized carbons (Fsp3) is 0.240. The summed E-state index contributed by atoms with van der Waals surface area (Å²) >= 11 is 0. The molecule has 1 atom stereocenters. The van der Waals surface area contributed by atoms with Crippen molar-refractivity contribution in [3.63, 3.8) is 0 Å². The number of benzene rings is 2. The van der Waals surface area contributed by atoms with E-state index in [-0.39, 0.29) is 11.7 Å². The highest BCUT2D eigenvalue weighted by Gasteiger charge is 2.31. The van der Waals surface area contributed by atoms with Crippen LogP contribution in [0.3, 0.4) is 0 Å². The summed E-state index contributed by atoms with van der Waals surface area (Å²) in [5.41, 5.74) is 12.4. The Hall–Kier alpha value is -3.47. The first-order chi connectivity index (χ1) is 14.5. The highest BCUT2D eigenvalue weighted by atomic mass is 16.1. The number of aromatic nitrogens is 3. The summed E-state index contributed by atoms with van der Waals surface area (Å²) in [7, 11) is 0. The molecule has 30 heavy (non-hydrogen) atoms. The first-order valence-electron chi connectivity index (χ1n) is 10.4. The Kier molecular flexibility index (Phi) is 4.39. The number of nitrogen functional groups attached to an aromatic ring is 1. The van der Waals surface area contributed by atoms with Gasteiger partial charge in [-0.25, -0.2) is 9.67 Å². The van der Waals surface area contributed by atoms with Crippen LogP contribution in [-0.2, 0) is 6.42 Å². The van der Waals surface area contributed by atoms with E-state index in [4.69, 9.17) is 10.7 Å². The number of carbonyl (C=O) groups is 1. The lowest BCUT2D eigenvalue weighted by Crippen LogP contribution is -2.22. The van der Waals surface area contributed by atoms with E-state index in [1.54, 1.807) is 10.9 Å². The summed E-state index contributed by atoms with van der Waals surface area (Å²) in [6.45, 7) is 4.37. The molecule has 0 aliphatic heterocycles. The number of para-hydroxylation sites is 1. The molecule has 0 spiro atoms. The number of hydrogen-bond acceptors (Lipinski definition) is 4. The lowest BCUT2D eigenvalue weighted by molar-refractivity contribution is 0.0964. The van der Waals surface area contributed by atoms with Crippen LogP contribution in [0.25, 0.3) is 16.7 Å². The van der Waals surface area contributed by atoms with Crippen molar-refractivity contribution in [1.82, 2.24) is 14.8 Å². The summed E-state index contributed by atoms with van der Waals surface area (Å²) in [5, 5.41) is 5.22. The van der Waals surface area contributed by atoms with Crippen molar-refractivity contribution in [3.8, 4) is 5.69 Å². The second kappa shape index (κ2) is 7.10. The van der Waals surface area contributed by atoms with Gasteiger partial charge in [-0.15, -0.1) is 0 Å². The van der Waals surface area contributed by atoms with Crippen molar-refractivity contribution >= 4 is 22.5 Å². The Morgan fingerprint density at radius 1 is 1.03 bits per heavy atom. The molecule has 0 amide bonds. The zero-order valence-corrected chi connectivity index (χ0v) is 17.2. The maximum absolute atomic E-state index is 13.0. The normalized spacial score (nSPS) is 16.2. The SMILES string of the molecule is CC(C)c1ccc([C@H]2CC(=O)c3c(nc4c(cnn4-c4ccccc4)c3N)C2)cc1. The average Bonchev–Trinajstić information content (AvgIpc) is 3.18. The molecule has 1 aliphatic rings. The summed E-state index contributed by atoms with van der Waals surface area (Å²) < 4.78 is 1.79. The summed E-state index contributed by atoms with van der Waals surface area (Å²) in [4.78, 5) is 17.9. The monoisotopic (exact) mass is 396 g/mol. The molecule has 0 fully saturated rings. The molecule has 0 saturated carbocycles. The molecule has 4 aromatic rings. The zero-order chi connectivity index (χ0) is 20.8. The van der Waals surface area contributed by atoms with Crippen molar-refractivity contribution in [2.24, 2.45) is 0 Å². The molecule has 5 heteroatoms. The topological polar surface area (TPSA) is 73.8 Å². The number of nitrogens with two attached hydrogens (primary N) is 1. The minimum absolute atomic E-state index is 0.0635. The van der Waals surface area contributed by atoms with Crippen LogP contribution in [0.5, 0.6) is 0 Å². The average molecular weight is 396 g/mol. The summed E-state index contributed by atoms with van der Waals surface area (Å²) in [6, 6.07) is 18.5. The molecule has 2 N–H and O–H groups in total. The lowest BCUT2D eigenvalue weighted by Gasteiger charge is -2.25. The van der Waals surface area contributed by atoms with E-state index in [2.05, 4.69) is 43.2 Å². The van der Waals surface area contributed by atoms with Gasteiger partial charge in [0.15, 0.2) is 11.4 Å². The van der Waals surface area contributed by atoms with Crippen LogP contribution in [0.2, 0.25) is 0 Å². The van der Waals surface area contributed by atoms with E-state index in [1.807, 2.05) is 30.3 Å². The van der Waals surface area contributed by atoms with Gasteiger partial charge in [0, 0.05) is 6.42 Å². The minimum Gasteiger partial charge on any atom is -0.397 e. The first-order valence-corrected chi connectivity index (χ1v) is 10.4. The van der Waals surface area contributed by atoms with E-state index in [0.717, 1.165) is 16.8 Å². The summed E-state index contributed by atoms with van der Waals surface area (Å²) in [5.74, 6) is 0.665. The number of anilines is 1. The third-order valence-electron chi connectivity index (χ3n) is 6.06. The van der Waals surface area contributed by atoms with Crippen LogP contribution in [0.1, 0.15) is 59.3 Å². The molecule has 5 nitrogen and oxygen atoms in total. The molecule has 0 radical (unpaired) electrons. The van der Waals surface area contributed by atoms with Crippen LogP contribution in [0.15, 0.2) is 60.8 Å². The standard InChI is InChI=1S/C25H24N4O/c1-15(2)16-8-10-17(11-9-16)18-12-21-23(22(30)13-18)24(26)20-14-27-29(25(20)28-21)19-6-4-3-5-7-19/h3-11,14-15,18H,12-13H2,1-2H3,(H2,26,28)/t18-/m1/s1. The smallest absolute Gasteiger partial charge is 0.167 e. The second-order valence-corrected chi connectivity index (χ2v) is 8.33. The number of carbonyl (C=O) groups excluding carboxylic acids is 1. The van der Waals surface area contributed by atoms with Gasteiger partial charge in [0.05, 0.1) is 34.2 Å². The van der Waals surface area contributed by atoms with E-state index >= 15 is 0 Å². The fourth-order valence-corrected chi connectivity index (χ4v) is 4.35. The molecule has 0 bridgehead atoms. The molecular weight excluding hydrogens is 372 g/mol. The van der Waals surface area contributed by atoms with Crippen LogP contribution in [-0.4, -0.2) is 20.5 Å². The van der Waals surface area contributed by atoms with Crippen LogP contribution in [0, 0.1) is 0 Å². The van der Waals surface area contributed by atoms with Crippen LogP contribution in [0.4, 0.5) is 5.69 Å². The minimum atomic E-state index is 0.0635. The van der Waals surface area contributed by atoms with Gasteiger partial charge in [0.25, 0.3) is 0 Å². The third kappa shape index (κ3) is 2.98. The van der Waals surface area contributed by atoms with Gasteiger partial charge in [-0.2, -0.15) is 5.10 Å². The largest absolute Gasteiger partial charge is 0.397 e. The molecule has 2 heterocycles. The van der Waals surface area contributed by atoms with Crippen molar-refractivity contribution in [2.45, 2.75) is 38.5 Å². The van der Waals surface area contributed by atoms with Gasteiger partial charge in [-0.1, -0.05) is 56.3 Å². The van der Waals surface area contributed by atoms with E-state index in [1.165, 1.54) is 11.1 Å². The van der Waals surface area contributed by atoms with Gasteiger partial charge in [-0.3, -0.25) is 4.79 Å². The van der Waals surface area contributed by atoms with Gasteiger partial charge < -0.3 is 5.73 Å². The number of rotatable bonds is 3. The number of fused-ring (bicyclic) bond motifs is 2.